The van der Waals surface area contributed by atoms with E-state index in [-0.39, 0.29) is 18.0 Å². The van der Waals surface area contributed by atoms with Gasteiger partial charge in [-0.2, -0.15) is 4.31 Å². The van der Waals surface area contributed by atoms with Gasteiger partial charge in [-0.3, -0.25) is 9.69 Å². The van der Waals surface area contributed by atoms with Crippen LogP contribution in [0.1, 0.15) is 6.92 Å². The van der Waals surface area contributed by atoms with Crippen molar-refractivity contribution in [1.82, 2.24) is 9.21 Å². The van der Waals surface area contributed by atoms with Crippen molar-refractivity contribution in [2.75, 3.05) is 33.3 Å². The smallest absolute Gasteiger partial charge is 0.320 e. The molecule has 0 radical (unpaired) electrons. The first-order valence-electron chi connectivity index (χ1n) is 6.97. The third kappa shape index (κ3) is 3.40. The summed E-state index contributed by atoms with van der Waals surface area (Å²) in [5.74, 6) is -0.300. The molecule has 22 heavy (non-hydrogen) atoms. The Labute approximate surface area is 130 Å². The van der Waals surface area contributed by atoms with E-state index >= 15 is 0 Å². The molecule has 1 aromatic rings. The number of sulfonamides is 1. The maximum atomic E-state index is 12.5. The number of carboxylic acids is 1. The number of hydrogen-bond donors (Lipinski definition) is 1. The summed E-state index contributed by atoms with van der Waals surface area (Å²) in [6.45, 7) is 2.99. The fourth-order valence-corrected chi connectivity index (χ4v) is 3.81. The number of benzene rings is 1. The zero-order valence-electron chi connectivity index (χ0n) is 12.6. The maximum Gasteiger partial charge on any atom is 0.320 e. The number of carbonyl (C=O) groups is 1. The number of hydrogen-bond acceptors (Lipinski definition) is 5. The number of carboxylic acid groups (broad SMARTS) is 1. The highest BCUT2D eigenvalue weighted by Crippen LogP contribution is 2.21. The Balaban J connectivity index is 2.07. The molecule has 1 aliphatic rings. The highest BCUT2D eigenvalue weighted by molar-refractivity contribution is 7.89. The summed E-state index contributed by atoms with van der Waals surface area (Å²) < 4.78 is 31.5. The Kier molecular flexibility index (Phi) is 5.05. The zero-order chi connectivity index (χ0) is 16.3. The SMILES string of the molecule is COc1ccc(S(=O)(=O)N2CCN([C@@H](C)C(=O)O)CC2)cc1. The minimum Gasteiger partial charge on any atom is -0.497 e. The summed E-state index contributed by atoms with van der Waals surface area (Å²) in [6, 6.07) is 5.64. The van der Waals surface area contributed by atoms with Crippen LogP contribution < -0.4 is 4.74 Å². The van der Waals surface area contributed by atoms with E-state index in [1.165, 1.54) is 23.5 Å². The zero-order valence-corrected chi connectivity index (χ0v) is 13.4. The molecule has 1 heterocycles. The van der Waals surface area contributed by atoms with E-state index < -0.39 is 22.0 Å². The van der Waals surface area contributed by atoms with Crippen molar-refractivity contribution in [1.29, 1.82) is 0 Å². The van der Waals surface area contributed by atoms with Gasteiger partial charge < -0.3 is 9.84 Å². The Hall–Kier alpha value is -1.64. The molecule has 1 N–H and O–H groups in total. The van der Waals surface area contributed by atoms with Gasteiger partial charge in [0.1, 0.15) is 11.8 Å². The van der Waals surface area contributed by atoms with Crippen LogP contribution in [-0.2, 0) is 14.8 Å². The molecule has 0 spiro atoms. The van der Waals surface area contributed by atoms with Gasteiger partial charge in [-0.15, -0.1) is 0 Å². The first-order valence-corrected chi connectivity index (χ1v) is 8.41. The van der Waals surface area contributed by atoms with Gasteiger partial charge in [-0.25, -0.2) is 8.42 Å². The van der Waals surface area contributed by atoms with Crippen LogP contribution in [0, 0.1) is 0 Å². The lowest BCUT2D eigenvalue weighted by Gasteiger charge is -2.35. The van der Waals surface area contributed by atoms with Crippen molar-refractivity contribution in [2.45, 2.75) is 17.9 Å². The Bertz CT molecular complexity index is 621. The lowest BCUT2D eigenvalue weighted by atomic mass is 10.2. The van der Waals surface area contributed by atoms with Crippen molar-refractivity contribution in [3.05, 3.63) is 24.3 Å². The molecule has 0 amide bonds. The topological polar surface area (TPSA) is 87.2 Å². The second-order valence-electron chi connectivity index (χ2n) is 5.13. The second-order valence-corrected chi connectivity index (χ2v) is 7.07. The van der Waals surface area contributed by atoms with Gasteiger partial charge in [-0.05, 0) is 31.2 Å². The third-order valence-corrected chi connectivity index (χ3v) is 5.79. The minimum atomic E-state index is -3.55. The number of nitrogens with zero attached hydrogens (tertiary/aromatic N) is 2. The van der Waals surface area contributed by atoms with Gasteiger partial charge >= 0.3 is 5.97 Å². The summed E-state index contributed by atoms with van der Waals surface area (Å²) in [4.78, 5) is 13.0. The number of ether oxygens (including phenoxy) is 1. The molecule has 0 aliphatic carbocycles. The summed E-state index contributed by atoms with van der Waals surface area (Å²) in [5, 5.41) is 9.00. The van der Waals surface area contributed by atoms with E-state index in [1.54, 1.807) is 24.0 Å². The molecule has 8 heteroatoms. The van der Waals surface area contributed by atoms with E-state index in [1.807, 2.05) is 0 Å². The average molecular weight is 328 g/mol. The predicted octanol–water partition coefficient (Wildman–Crippen LogP) is 0.475. The Morgan fingerprint density at radius 2 is 1.73 bits per heavy atom. The van der Waals surface area contributed by atoms with Crippen molar-refractivity contribution >= 4 is 16.0 Å². The maximum absolute atomic E-state index is 12.5. The molecule has 0 bridgehead atoms. The summed E-state index contributed by atoms with van der Waals surface area (Å²) >= 11 is 0. The van der Waals surface area contributed by atoms with Gasteiger partial charge in [0.25, 0.3) is 0 Å². The summed E-state index contributed by atoms with van der Waals surface area (Å²) in [5.41, 5.74) is 0. The molecule has 1 atom stereocenters. The lowest BCUT2D eigenvalue weighted by Crippen LogP contribution is -2.53. The number of methoxy groups -OCH3 is 1. The van der Waals surface area contributed by atoms with E-state index in [0.717, 1.165) is 0 Å². The van der Waals surface area contributed by atoms with Crippen LogP contribution in [0.25, 0.3) is 0 Å². The molecule has 1 saturated heterocycles. The molecule has 0 unspecified atom stereocenters. The monoisotopic (exact) mass is 328 g/mol. The van der Waals surface area contributed by atoms with Crippen molar-refractivity contribution < 1.29 is 23.1 Å². The molecule has 1 aromatic carbocycles. The molecular weight excluding hydrogens is 308 g/mol. The van der Waals surface area contributed by atoms with Crippen LogP contribution >= 0.6 is 0 Å². The normalized spacial score (nSPS) is 18.8. The molecule has 0 saturated carbocycles. The highest BCUT2D eigenvalue weighted by atomic mass is 32.2. The standard InChI is InChI=1S/C14H20N2O5S/c1-11(14(17)18)15-7-9-16(10-8-15)22(19,20)13-5-3-12(21-2)4-6-13/h3-6,11H,7-10H2,1-2H3,(H,17,18)/t11-/m0/s1. The van der Waals surface area contributed by atoms with Crippen molar-refractivity contribution in [3.63, 3.8) is 0 Å². The molecule has 1 aliphatic heterocycles. The van der Waals surface area contributed by atoms with Crippen LogP contribution in [0.5, 0.6) is 5.75 Å². The van der Waals surface area contributed by atoms with Gasteiger partial charge in [-0.1, -0.05) is 0 Å². The largest absolute Gasteiger partial charge is 0.497 e. The Morgan fingerprint density at radius 3 is 2.18 bits per heavy atom. The van der Waals surface area contributed by atoms with Crippen LogP contribution in [0.3, 0.4) is 0 Å². The van der Waals surface area contributed by atoms with E-state index in [2.05, 4.69) is 0 Å². The number of aliphatic carboxylic acids is 1. The average Bonchev–Trinajstić information content (AvgIpc) is 2.54. The van der Waals surface area contributed by atoms with Crippen LogP contribution in [-0.4, -0.2) is 68.0 Å². The Morgan fingerprint density at radius 1 is 1.18 bits per heavy atom. The third-order valence-electron chi connectivity index (χ3n) is 3.88. The predicted molar refractivity (Wildman–Crippen MR) is 80.4 cm³/mol. The fourth-order valence-electron chi connectivity index (χ4n) is 2.38. The van der Waals surface area contributed by atoms with Crippen LogP contribution in [0.15, 0.2) is 29.2 Å². The van der Waals surface area contributed by atoms with Crippen molar-refractivity contribution in [2.24, 2.45) is 0 Å². The molecule has 1 fully saturated rings. The molecule has 2 rings (SSSR count). The quantitative estimate of drug-likeness (QED) is 0.846. The van der Waals surface area contributed by atoms with Crippen LogP contribution in [0.2, 0.25) is 0 Å². The van der Waals surface area contributed by atoms with Crippen LogP contribution in [0.4, 0.5) is 0 Å². The fraction of sp³-hybridized carbons (Fsp3) is 0.500. The minimum absolute atomic E-state index is 0.216. The first-order chi connectivity index (χ1) is 10.4. The number of rotatable bonds is 5. The van der Waals surface area contributed by atoms with Gasteiger partial charge in [0, 0.05) is 26.2 Å². The van der Waals surface area contributed by atoms with E-state index in [4.69, 9.17) is 9.84 Å². The molecule has 7 nitrogen and oxygen atoms in total. The van der Waals surface area contributed by atoms with Gasteiger partial charge in [0.15, 0.2) is 0 Å². The van der Waals surface area contributed by atoms with E-state index in [9.17, 15) is 13.2 Å². The number of piperazine rings is 1. The second kappa shape index (κ2) is 6.64. The van der Waals surface area contributed by atoms with Gasteiger partial charge in [0.05, 0.1) is 12.0 Å². The first kappa shape index (κ1) is 16.7. The van der Waals surface area contributed by atoms with Crippen molar-refractivity contribution in [3.8, 4) is 5.75 Å². The summed E-state index contributed by atoms with van der Waals surface area (Å²) in [6.07, 6.45) is 0. The molecule has 122 valence electrons. The van der Waals surface area contributed by atoms with E-state index in [0.29, 0.717) is 18.8 Å². The van der Waals surface area contributed by atoms with Gasteiger partial charge in [0.2, 0.25) is 10.0 Å². The lowest BCUT2D eigenvalue weighted by molar-refractivity contribution is -0.143. The highest BCUT2D eigenvalue weighted by Gasteiger charge is 2.31. The summed E-state index contributed by atoms with van der Waals surface area (Å²) in [7, 11) is -2.03. The molecular formula is C14H20N2O5S. The molecule has 0 aromatic heterocycles.